The number of thiol groups is 1. The zero-order valence-corrected chi connectivity index (χ0v) is 42.4. The normalized spacial score (nSPS) is 11.8. The van der Waals surface area contributed by atoms with Gasteiger partial charge in [-0.3, -0.25) is 14.4 Å². The number of carbonyl (C=O) groups is 3. The Hall–Kier alpha value is -2.02. The average molecular weight is 903 g/mol. The highest BCUT2D eigenvalue weighted by Gasteiger charge is 2.19. The number of rotatable bonds is 50. The van der Waals surface area contributed by atoms with Crippen molar-refractivity contribution in [3.63, 3.8) is 0 Å². The van der Waals surface area contributed by atoms with Crippen LogP contribution in [0.2, 0.25) is 0 Å². The largest absolute Gasteiger partial charge is 0.462 e. The molecule has 0 aliphatic heterocycles. The summed E-state index contributed by atoms with van der Waals surface area (Å²) in [4.78, 5) is 38.0. The predicted octanol–water partition coefficient (Wildman–Crippen LogP) is 17.6. The summed E-state index contributed by atoms with van der Waals surface area (Å²) in [6.45, 7) is 4.36. The third-order valence-electron chi connectivity index (χ3n) is 11.9. The molecular formula is C56H102O6S. The third kappa shape index (κ3) is 50.8. The second-order valence-electron chi connectivity index (χ2n) is 18.2. The lowest BCUT2D eigenvalue weighted by molar-refractivity contribution is -0.167. The van der Waals surface area contributed by atoms with Gasteiger partial charge in [0, 0.05) is 19.3 Å². The quantitative estimate of drug-likeness (QED) is 0.0215. The van der Waals surface area contributed by atoms with Gasteiger partial charge in [0.2, 0.25) is 0 Å². The fourth-order valence-corrected chi connectivity index (χ4v) is 7.98. The molecule has 7 heteroatoms. The molecule has 0 N–H and O–H groups in total. The zero-order valence-electron chi connectivity index (χ0n) is 41.6. The van der Waals surface area contributed by atoms with E-state index in [1.54, 1.807) is 0 Å². The number of ether oxygens (including phenoxy) is 3. The van der Waals surface area contributed by atoms with Crippen LogP contribution in [0.4, 0.5) is 0 Å². The molecule has 0 spiro atoms. The zero-order chi connectivity index (χ0) is 45.8. The Labute approximate surface area is 396 Å². The minimum atomic E-state index is -0.784. The number of hydrogen-bond donors (Lipinski definition) is 1. The van der Waals surface area contributed by atoms with Crippen LogP contribution in [0.25, 0.3) is 0 Å². The van der Waals surface area contributed by atoms with Crippen molar-refractivity contribution in [2.45, 2.75) is 283 Å². The molecule has 0 fully saturated rings. The molecule has 63 heavy (non-hydrogen) atoms. The molecular weight excluding hydrogens is 801 g/mol. The molecule has 0 aromatic rings. The van der Waals surface area contributed by atoms with Crippen LogP contribution >= 0.6 is 12.6 Å². The Morgan fingerprint density at radius 2 is 0.603 bits per heavy atom. The Bertz CT molecular complexity index is 1010. The number of carbonyl (C=O) groups excluding carboxylic acids is 3. The van der Waals surface area contributed by atoms with Gasteiger partial charge in [0.25, 0.3) is 0 Å². The summed E-state index contributed by atoms with van der Waals surface area (Å²) >= 11 is 4.28. The highest BCUT2D eigenvalue weighted by atomic mass is 32.1. The fourth-order valence-electron chi connectivity index (χ4n) is 7.76. The summed E-state index contributed by atoms with van der Waals surface area (Å²) in [5.41, 5.74) is 0. The van der Waals surface area contributed by atoms with E-state index in [-0.39, 0.29) is 31.1 Å². The van der Waals surface area contributed by atoms with E-state index in [1.165, 1.54) is 161 Å². The van der Waals surface area contributed by atoms with Gasteiger partial charge in [-0.1, -0.05) is 192 Å². The van der Waals surface area contributed by atoms with Gasteiger partial charge in [0.1, 0.15) is 13.2 Å². The van der Waals surface area contributed by atoms with Crippen LogP contribution in [0.15, 0.2) is 36.5 Å². The first-order valence-electron chi connectivity index (χ1n) is 27.1. The summed E-state index contributed by atoms with van der Waals surface area (Å²) in [7, 11) is 0. The van der Waals surface area contributed by atoms with Gasteiger partial charge in [-0.25, -0.2) is 0 Å². The molecule has 368 valence electrons. The van der Waals surface area contributed by atoms with Crippen molar-refractivity contribution in [3.8, 4) is 0 Å². The number of unbranched alkanes of at least 4 members (excludes halogenated alkanes) is 32. The number of allylic oxidation sites excluding steroid dienone is 6. The second kappa shape index (κ2) is 52.6. The van der Waals surface area contributed by atoms with Crippen LogP contribution in [-0.2, 0) is 28.6 Å². The molecule has 0 rings (SSSR count). The van der Waals surface area contributed by atoms with E-state index in [2.05, 4.69) is 62.9 Å². The van der Waals surface area contributed by atoms with Crippen LogP contribution in [-0.4, -0.2) is 43.0 Å². The maximum Gasteiger partial charge on any atom is 0.306 e. The Kier molecular flexibility index (Phi) is 50.9. The molecule has 0 unspecified atom stereocenters. The van der Waals surface area contributed by atoms with Crippen LogP contribution in [0.5, 0.6) is 0 Å². The lowest BCUT2D eigenvalue weighted by Crippen LogP contribution is -2.30. The summed E-state index contributed by atoms with van der Waals surface area (Å²) in [6.07, 6.45) is 59.5. The Morgan fingerprint density at radius 1 is 0.349 bits per heavy atom. The van der Waals surface area contributed by atoms with Gasteiger partial charge < -0.3 is 14.2 Å². The lowest BCUT2D eigenvalue weighted by atomic mass is 10.1. The first-order valence-corrected chi connectivity index (χ1v) is 27.7. The molecule has 0 aliphatic carbocycles. The molecule has 0 amide bonds. The van der Waals surface area contributed by atoms with Crippen molar-refractivity contribution in [3.05, 3.63) is 36.5 Å². The third-order valence-corrected chi connectivity index (χ3v) is 12.2. The molecule has 0 aliphatic rings. The minimum absolute atomic E-state index is 0.0834. The van der Waals surface area contributed by atoms with E-state index in [0.717, 1.165) is 89.2 Å². The fraction of sp³-hybridized carbons (Fsp3) is 0.839. The Morgan fingerprint density at radius 3 is 0.905 bits per heavy atom. The van der Waals surface area contributed by atoms with Crippen LogP contribution in [0.1, 0.15) is 277 Å². The monoisotopic (exact) mass is 903 g/mol. The first kappa shape index (κ1) is 61.0. The molecule has 0 aromatic carbocycles. The van der Waals surface area contributed by atoms with E-state index in [9.17, 15) is 14.4 Å². The second-order valence-corrected chi connectivity index (χ2v) is 18.7. The smallest absolute Gasteiger partial charge is 0.306 e. The van der Waals surface area contributed by atoms with E-state index in [1.807, 2.05) is 0 Å². The molecule has 0 aromatic heterocycles. The van der Waals surface area contributed by atoms with Gasteiger partial charge in [0.05, 0.1) is 0 Å². The predicted molar refractivity (Wildman–Crippen MR) is 274 cm³/mol. The minimum Gasteiger partial charge on any atom is -0.462 e. The molecule has 0 saturated carbocycles. The van der Waals surface area contributed by atoms with Crippen molar-refractivity contribution >= 4 is 30.5 Å². The van der Waals surface area contributed by atoms with Gasteiger partial charge in [0.15, 0.2) is 6.10 Å². The average Bonchev–Trinajstić information content (AvgIpc) is 3.28. The SMILES string of the molecule is CCCCCCCC/C=C\CCCCCCCC(=O)OCC(COC(=O)CCCCCCC/C=C\CCCCCCCC)OC(=O)CCCCCCC/C=C\CCCCCCCS. The van der Waals surface area contributed by atoms with Crippen molar-refractivity contribution in [1.82, 2.24) is 0 Å². The standard InChI is InChI=1S/C56H102O6S/c1-3-5-7-9-11-13-15-17-19-23-27-31-35-39-43-47-54(57)60-51-53(62-56(59)49-45-41-37-33-29-25-21-22-26-30-34-38-42-46-50-63)52-61-55(58)48-44-40-36-32-28-24-20-18-16-14-12-10-8-6-4-2/h17-22,53,63H,3-16,23-52H2,1-2H3/b19-17-,20-18-,22-21-. The number of esters is 3. The van der Waals surface area contributed by atoms with Crippen molar-refractivity contribution in [2.24, 2.45) is 0 Å². The summed E-state index contributed by atoms with van der Waals surface area (Å²) in [5, 5.41) is 0. The van der Waals surface area contributed by atoms with E-state index < -0.39 is 6.10 Å². The maximum atomic E-state index is 12.8. The van der Waals surface area contributed by atoms with E-state index >= 15 is 0 Å². The van der Waals surface area contributed by atoms with Gasteiger partial charge >= 0.3 is 17.9 Å². The first-order chi connectivity index (χ1) is 31.0. The maximum absolute atomic E-state index is 12.8. The molecule has 0 saturated heterocycles. The molecule has 0 heterocycles. The molecule has 0 bridgehead atoms. The number of hydrogen-bond acceptors (Lipinski definition) is 7. The van der Waals surface area contributed by atoms with Crippen molar-refractivity contribution in [2.75, 3.05) is 19.0 Å². The van der Waals surface area contributed by atoms with Gasteiger partial charge in [-0.05, 0) is 108 Å². The van der Waals surface area contributed by atoms with E-state index in [0.29, 0.717) is 19.3 Å². The Balaban J connectivity index is 4.39. The van der Waals surface area contributed by atoms with Crippen LogP contribution in [0, 0.1) is 0 Å². The summed E-state index contributed by atoms with van der Waals surface area (Å²) < 4.78 is 16.8. The van der Waals surface area contributed by atoms with Crippen molar-refractivity contribution in [1.29, 1.82) is 0 Å². The van der Waals surface area contributed by atoms with Gasteiger partial charge in [-0.2, -0.15) is 12.6 Å². The van der Waals surface area contributed by atoms with Crippen LogP contribution in [0.3, 0.4) is 0 Å². The summed E-state index contributed by atoms with van der Waals surface area (Å²) in [5.74, 6) is 0.0972. The molecule has 0 atom stereocenters. The van der Waals surface area contributed by atoms with Crippen molar-refractivity contribution < 1.29 is 28.6 Å². The topological polar surface area (TPSA) is 78.9 Å². The molecule has 6 nitrogen and oxygen atoms in total. The highest BCUT2D eigenvalue weighted by molar-refractivity contribution is 7.80. The van der Waals surface area contributed by atoms with E-state index in [4.69, 9.17) is 14.2 Å². The van der Waals surface area contributed by atoms with Gasteiger partial charge in [-0.15, -0.1) is 0 Å². The van der Waals surface area contributed by atoms with Crippen LogP contribution < -0.4 is 0 Å². The molecule has 0 radical (unpaired) electrons. The summed E-state index contributed by atoms with van der Waals surface area (Å²) in [6, 6.07) is 0. The lowest BCUT2D eigenvalue weighted by Gasteiger charge is -2.18. The highest BCUT2D eigenvalue weighted by Crippen LogP contribution is 2.15.